The number of rotatable bonds is 0. The van der Waals surface area contributed by atoms with Crippen molar-refractivity contribution >= 4 is 0 Å². The van der Waals surface area contributed by atoms with Crippen LogP contribution >= 0.6 is 0 Å². The molecular weight excluding hydrogens is 134 g/mol. The normalized spacial score (nSPS) is 75.5. The van der Waals surface area contributed by atoms with Gasteiger partial charge >= 0.3 is 0 Å². The third-order valence-corrected chi connectivity index (χ3v) is 5.53. The summed E-state index contributed by atoms with van der Waals surface area (Å²) >= 11 is 0. The van der Waals surface area contributed by atoms with E-state index in [4.69, 9.17) is 5.73 Å². The first-order valence-corrected chi connectivity index (χ1v) is 5.08. The van der Waals surface area contributed by atoms with Gasteiger partial charge in [0.1, 0.15) is 0 Å². The molecule has 60 valence electrons. The molecule has 1 heteroatoms. The fourth-order valence-electron chi connectivity index (χ4n) is 5.08. The van der Waals surface area contributed by atoms with Crippen LogP contribution in [0.2, 0.25) is 0 Å². The molecule has 4 fully saturated rings. The van der Waals surface area contributed by atoms with Gasteiger partial charge in [-0.2, -0.15) is 0 Å². The summed E-state index contributed by atoms with van der Waals surface area (Å²) in [5.74, 6) is 4.19. The Morgan fingerprint density at radius 2 is 1.91 bits per heavy atom. The molecule has 0 aliphatic heterocycles. The van der Waals surface area contributed by atoms with E-state index in [1.54, 1.807) is 6.42 Å². The lowest BCUT2D eigenvalue weighted by molar-refractivity contribution is -0.180. The van der Waals surface area contributed by atoms with Crippen molar-refractivity contribution in [2.75, 3.05) is 0 Å². The van der Waals surface area contributed by atoms with Crippen LogP contribution in [0.5, 0.6) is 0 Å². The van der Waals surface area contributed by atoms with Crippen molar-refractivity contribution < 1.29 is 0 Å². The van der Waals surface area contributed by atoms with E-state index < -0.39 is 0 Å². The second-order valence-corrected chi connectivity index (χ2v) is 5.36. The highest BCUT2D eigenvalue weighted by Gasteiger charge is 2.75. The van der Waals surface area contributed by atoms with E-state index in [2.05, 4.69) is 0 Å². The first-order chi connectivity index (χ1) is 5.32. The Kier molecular flexibility index (Phi) is 0.651. The highest BCUT2D eigenvalue weighted by Crippen LogP contribution is 2.80. The van der Waals surface area contributed by atoms with Gasteiger partial charge in [0.15, 0.2) is 0 Å². The monoisotopic (exact) mass is 149 g/mol. The van der Waals surface area contributed by atoms with Gasteiger partial charge in [-0.15, -0.1) is 0 Å². The molecule has 4 rings (SSSR count). The molecule has 0 aromatic rings. The van der Waals surface area contributed by atoms with Gasteiger partial charge < -0.3 is 5.73 Å². The highest BCUT2D eigenvalue weighted by atomic mass is 14.9. The molecular formula is C10H15N. The molecule has 4 aliphatic rings. The minimum absolute atomic E-state index is 0.614. The number of hydrogen-bond donors (Lipinski definition) is 1. The zero-order valence-electron chi connectivity index (χ0n) is 6.79. The van der Waals surface area contributed by atoms with Gasteiger partial charge in [-0.3, -0.25) is 0 Å². The van der Waals surface area contributed by atoms with Crippen LogP contribution in [-0.4, -0.2) is 6.04 Å². The van der Waals surface area contributed by atoms with Crippen LogP contribution in [0, 0.1) is 29.1 Å². The van der Waals surface area contributed by atoms with Crippen molar-refractivity contribution in [2.45, 2.75) is 31.7 Å². The van der Waals surface area contributed by atoms with E-state index in [9.17, 15) is 0 Å². The predicted molar refractivity (Wildman–Crippen MR) is 42.8 cm³/mol. The zero-order valence-corrected chi connectivity index (χ0v) is 6.79. The van der Waals surface area contributed by atoms with Gasteiger partial charge in [0.2, 0.25) is 0 Å². The molecule has 0 aromatic carbocycles. The summed E-state index contributed by atoms with van der Waals surface area (Å²) in [5.41, 5.74) is 7.03. The molecule has 0 radical (unpaired) electrons. The van der Waals surface area contributed by atoms with Gasteiger partial charge in [0.25, 0.3) is 0 Å². The largest absolute Gasteiger partial charge is 0.327 e. The van der Waals surface area contributed by atoms with Gasteiger partial charge in [-0.05, 0) is 54.8 Å². The zero-order chi connectivity index (χ0) is 7.22. The average molecular weight is 149 g/mol. The molecule has 6 atom stereocenters. The summed E-state index contributed by atoms with van der Waals surface area (Å²) in [6, 6.07) is 0.614. The molecule has 0 amide bonds. The standard InChI is InChI=1S/C10H15N/c11-9-5-1-6-2-7-3-8(9)10(6,7)4-5/h5-9H,1-4,11H2. The average Bonchev–Trinajstić information content (AvgIpc) is 2.42. The highest BCUT2D eigenvalue weighted by molar-refractivity contribution is 5.25. The topological polar surface area (TPSA) is 26.0 Å². The molecule has 4 saturated carbocycles. The van der Waals surface area contributed by atoms with Crippen molar-refractivity contribution in [1.82, 2.24) is 0 Å². The molecule has 0 heterocycles. The second-order valence-electron chi connectivity index (χ2n) is 5.36. The van der Waals surface area contributed by atoms with Gasteiger partial charge in [0.05, 0.1) is 0 Å². The Bertz CT molecular complexity index is 237. The fourth-order valence-corrected chi connectivity index (χ4v) is 5.08. The summed E-state index contributed by atoms with van der Waals surface area (Å²) in [6.45, 7) is 0. The Morgan fingerprint density at radius 3 is 2.55 bits per heavy atom. The summed E-state index contributed by atoms with van der Waals surface area (Å²) in [5, 5.41) is 0. The Hall–Kier alpha value is -0.0400. The van der Waals surface area contributed by atoms with Crippen LogP contribution in [0.4, 0.5) is 0 Å². The first kappa shape index (κ1) is 5.58. The molecule has 0 aromatic heterocycles. The number of nitrogens with two attached hydrogens (primary N) is 1. The maximum Gasteiger partial charge on any atom is 0.0102 e. The lowest BCUT2D eigenvalue weighted by atomic mass is 9.38. The summed E-state index contributed by atoms with van der Waals surface area (Å²) in [6.07, 6.45) is 6.08. The smallest absolute Gasteiger partial charge is 0.0102 e. The maximum absolute atomic E-state index is 6.18. The summed E-state index contributed by atoms with van der Waals surface area (Å²) < 4.78 is 0. The molecule has 2 bridgehead atoms. The van der Waals surface area contributed by atoms with E-state index in [0.717, 1.165) is 29.1 Å². The molecule has 2 N–H and O–H groups in total. The summed E-state index contributed by atoms with van der Waals surface area (Å²) in [4.78, 5) is 0. The fraction of sp³-hybridized carbons (Fsp3) is 1.00. The number of fused-ring (bicyclic) bond motifs is 1. The number of hydrogen-bond acceptors (Lipinski definition) is 1. The Labute approximate surface area is 67.3 Å². The Balaban J connectivity index is 1.87. The van der Waals surface area contributed by atoms with Crippen molar-refractivity contribution in [3.05, 3.63) is 0 Å². The van der Waals surface area contributed by atoms with Gasteiger partial charge in [-0.1, -0.05) is 0 Å². The molecule has 1 spiro atoms. The van der Waals surface area contributed by atoms with Crippen LogP contribution in [-0.2, 0) is 0 Å². The van der Waals surface area contributed by atoms with E-state index >= 15 is 0 Å². The van der Waals surface area contributed by atoms with Crippen molar-refractivity contribution in [1.29, 1.82) is 0 Å². The van der Waals surface area contributed by atoms with E-state index in [1.165, 1.54) is 19.3 Å². The van der Waals surface area contributed by atoms with Crippen LogP contribution < -0.4 is 5.73 Å². The van der Waals surface area contributed by atoms with Crippen molar-refractivity contribution in [3.8, 4) is 0 Å². The van der Waals surface area contributed by atoms with Crippen molar-refractivity contribution in [3.63, 3.8) is 0 Å². The van der Waals surface area contributed by atoms with Gasteiger partial charge in [-0.25, -0.2) is 0 Å². The molecule has 0 saturated heterocycles. The first-order valence-electron chi connectivity index (χ1n) is 5.08. The van der Waals surface area contributed by atoms with Crippen LogP contribution in [0.25, 0.3) is 0 Å². The second kappa shape index (κ2) is 1.28. The SMILES string of the molecule is NC1C2CC3CC4CC1C34C2. The minimum atomic E-state index is 0.614. The lowest BCUT2D eigenvalue weighted by Gasteiger charge is -2.67. The van der Waals surface area contributed by atoms with E-state index in [0.29, 0.717) is 6.04 Å². The summed E-state index contributed by atoms with van der Waals surface area (Å²) in [7, 11) is 0. The minimum Gasteiger partial charge on any atom is -0.327 e. The maximum atomic E-state index is 6.18. The third-order valence-electron chi connectivity index (χ3n) is 5.53. The third kappa shape index (κ3) is 0.342. The predicted octanol–water partition coefficient (Wildman–Crippen LogP) is 1.38. The van der Waals surface area contributed by atoms with Crippen LogP contribution in [0.1, 0.15) is 25.7 Å². The van der Waals surface area contributed by atoms with Gasteiger partial charge in [0, 0.05) is 6.04 Å². The van der Waals surface area contributed by atoms with E-state index in [1.807, 2.05) is 0 Å². The quantitative estimate of drug-likeness (QED) is 0.553. The molecule has 6 unspecified atom stereocenters. The molecule has 1 nitrogen and oxygen atoms in total. The van der Waals surface area contributed by atoms with E-state index in [-0.39, 0.29) is 0 Å². The Morgan fingerprint density at radius 1 is 1.09 bits per heavy atom. The van der Waals surface area contributed by atoms with Crippen LogP contribution in [0.3, 0.4) is 0 Å². The van der Waals surface area contributed by atoms with Crippen molar-refractivity contribution in [2.24, 2.45) is 34.8 Å². The molecule has 11 heavy (non-hydrogen) atoms. The molecule has 4 aliphatic carbocycles. The lowest BCUT2D eigenvalue weighted by Crippen LogP contribution is -2.63. The van der Waals surface area contributed by atoms with Crippen LogP contribution in [0.15, 0.2) is 0 Å².